The second-order valence-corrected chi connectivity index (χ2v) is 10.2. The molecule has 0 aliphatic heterocycles. The summed E-state index contributed by atoms with van der Waals surface area (Å²) in [4.78, 5) is 37.9. The molecular weight excluding hydrogens is 597 g/mol. The summed E-state index contributed by atoms with van der Waals surface area (Å²) in [7, 11) is 0.943. The van der Waals surface area contributed by atoms with E-state index >= 15 is 0 Å². The van der Waals surface area contributed by atoms with Gasteiger partial charge in [-0.3, -0.25) is 14.2 Å². The predicted octanol–water partition coefficient (Wildman–Crippen LogP) is 6.00. The summed E-state index contributed by atoms with van der Waals surface area (Å²) in [5.41, 5.74) is -1.46. The van der Waals surface area contributed by atoms with Gasteiger partial charge in [-0.2, -0.15) is 26.3 Å². The van der Waals surface area contributed by atoms with Crippen LogP contribution in [0.5, 0.6) is 11.5 Å². The van der Waals surface area contributed by atoms with Crippen LogP contribution in [0, 0.1) is 6.92 Å². The Balaban J connectivity index is 1.39. The maximum atomic E-state index is 13.3. The van der Waals surface area contributed by atoms with Crippen LogP contribution in [-0.2, 0) is 13.2 Å². The quantitative estimate of drug-likeness (QED) is 0.157. The number of ketones is 1. The Morgan fingerprint density at radius 2 is 1.72 bits per heavy atom. The number of carbonyl (C=O) groups excluding carboxylic acids is 1. The maximum Gasteiger partial charge on any atom is 0.431 e. The number of fused-ring (bicyclic) bond motifs is 1. The Morgan fingerprint density at radius 1 is 1.00 bits per heavy atom. The number of aromatic nitrogens is 3. The van der Waals surface area contributed by atoms with Crippen LogP contribution >= 0.6 is 11.5 Å². The number of hydrogen-bond donors (Lipinski definition) is 0. The van der Waals surface area contributed by atoms with Gasteiger partial charge >= 0.3 is 18.5 Å². The highest BCUT2D eigenvalue weighted by Gasteiger charge is 2.35. The van der Waals surface area contributed by atoms with Gasteiger partial charge in [0.2, 0.25) is 0 Å². The van der Waals surface area contributed by atoms with E-state index in [0.29, 0.717) is 47.9 Å². The largest absolute Gasteiger partial charge is 0.485 e. The number of rotatable bonds is 8. The van der Waals surface area contributed by atoms with Gasteiger partial charge in [0.15, 0.2) is 12.4 Å². The van der Waals surface area contributed by atoms with E-state index in [1.807, 2.05) is 0 Å². The van der Waals surface area contributed by atoms with Crippen LogP contribution in [0.1, 0.15) is 21.6 Å². The molecule has 0 aliphatic rings. The highest BCUT2D eigenvalue weighted by Crippen LogP contribution is 2.34. The number of aryl methyl sites for hydroxylation is 1. The van der Waals surface area contributed by atoms with Crippen molar-refractivity contribution in [2.45, 2.75) is 19.7 Å². The van der Waals surface area contributed by atoms with Crippen molar-refractivity contribution in [1.29, 1.82) is 0 Å². The monoisotopic (exact) mass is 617 g/mol. The van der Waals surface area contributed by atoms with Crippen molar-refractivity contribution in [1.82, 2.24) is 13.5 Å². The number of nitrogens with zero attached hydrogens (tertiary/aromatic N) is 3. The van der Waals surface area contributed by atoms with Gasteiger partial charge in [0.25, 0.3) is 5.56 Å². The number of Topliss-reactive ketones (excluding diaryl/α,β-unsaturated/α-hetero) is 1. The fraction of sp³-hybridized carbons (Fsp3) is 0.172. The molecular formula is C29H20F5N3O5S. The summed E-state index contributed by atoms with van der Waals surface area (Å²) in [6.07, 6.45) is -4.87. The maximum absolute atomic E-state index is 13.3. The van der Waals surface area contributed by atoms with E-state index in [-0.39, 0.29) is 29.4 Å². The molecule has 0 bridgehead atoms. The Morgan fingerprint density at radius 3 is 2.37 bits per heavy atom. The molecule has 2 aromatic heterocycles. The standard InChI is InChI=1S/C29H20F5N3O5S/c1-15-11-17(5-9-22(15)41-14-21(38)16-3-7-19(8-4-16)42-27(30)31)26-20-12-18(6-10-23(20)43-35-26)37-25(39)13-24(29(32,33)34)36(2)28(37)40/h3-13,27H,14H2,1-2H3. The van der Waals surface area contributed by atoms with E-state index in [2.05, 4.69) is 9.11 Å². The summed E-state index contributed by atoms with van der Waals surface area (Å²) < 4.78 is 80.6. The number of benzene rings is 3. The molecule has 5 aromatic rings. The number of halogens is 5. The van der Waals surface area contributed by atoms with Crippen LogP contribution in [0.15, 0.2) is 76.3 Å². The van der Waals surface area contributed by atoms with Crippen LogP contribution in [0.2, 0.25) is 0 Å². The van der Waals surface area contributed by atoms with Crippen molar-refractivity contribution in [3.05, 3.63) is 104 Å². The molecule has 222 valence electrons. The number of ether oxygens (including phenoxy) is 2. The molecule has 0 radical (unpaired) electrons. The number of hydrogen-bond acceptors (Lipinski definition) is 7. The van der Waals surface area contributed by atoms with Gasteiger partial charge in [0.1, 0.15) is 17.2 Å². The molecule has 0 aliphatic carbocycles. The number of carbonyl (C=O) groups is 1. The first-order chi connectivity index (χ1) is 20.3. The van der Waals surface area contributed by atoms with Gasteiger partial charge < -0.3 is 9.47 Å². The normalized spacial score (nSPS) is 11.7. The minimum Gasteiger partial charge on any atom is -0.485 e. The minimum atomic E-state index is -4.87. The van der Waals surface area contributed by atoms with Crippen molar-refractivity contribution in [3.63, 3.8) is 0 Å². The molecule has 0 unspecified atom stereocenters. The van der Waals surface area contributed by atoms with Crippen molar-refractivity contribution in [2.75, 3.05) is 6.61 Å². The van der Waals surface area contributed by atoms with E-state index in [4.69, 9.17) is 4.74 Å². The molecule has 0 fully saturated rings. The van der Waals surface area contributed by atoms with E-state index in [9.17, 15) is 36.3 Å². The highest BCUT2D eigenvalue weighted by molar-refractivity contribution is 7.13. The SMILES string of the molecule is Cc1cc(-c2nsc3ccc(-n4c(=O)cc(C(F)(F)F)n(C)c4=O)cc23)ccc1OCC(=O)c1ccc(OC(F)F)cc1. The molecule has 0 amide bonds. The van der Waals surface area contributed by atoms with Crippen LogP contribution in [0.3, 0.4) is 0 Å². The van der Waals surface area contributed by atoms with Crippen molar-refractivity contribution in [2.24, 2.45) is 7.05 Å². The topological polar surface area (TPSA) is 92.4 Å². The third kappa shape index (κ3) is 6.04. The van der Waals surface area contributed by atoms with Crippen molar-refractivity contribution < 1.29 is 36.2 Å². The molecule has 8 nitrogen and oxygen atoms in total. The lowest BCUT2D eigenvalue weighted by Gasteiger charge is -2.14. The molecule has 0 spiro atoms. The molecule has 5 rings (SSSR count). The predicted molar refractivity (Wildman–Crippen MR) is 149 cm³/mol. The first kappa shape index (κ1) is 29.6. The second kappa shape index (κ2) is 11.4. The first-order valence-electron chi connectivity index (χ1n) is 12.5. The lowest BCUT2D eigenvalue weighted by molar-refractivity contribution is -0.144. The third-order valence-corrected chi connectivity index (χ3v) is 7.36. The van der Waals surface area contributed by atoms with Crippen molar-refractivity contribution in [3.8, 4) is 28.4 Å². The molecule has 0 N–H and O–H groups in total. The van der Waals surface area contributed by atoms with Gasteiger partial charge in [-0.15, -0.1) is 0 Å². The molecule has 3 aromatic carbocycles. The molecule has 0 saturated carbocycles. The summed E-state index contributed by atoms with van der Waals surface area (Å²) in [6.45, 7) is -1.53. The molecule has 43 heavy (non-hydrogen) atoms. The van der Waals surface area contributed by atoms with Gasteiger partial charge in [-0.1, -0.05) is 0 Å². The summed E-state index contributed by atoms with van der Waals surface area (Å²) >= 11 is 1.16. The minimum absolute atomic E-state index is 0.0746. The molecule has 0 atom stereocenters. The summed E-state index contributed by atoms with van der Waals surface area (Å²) in [6, 6.07) is 15.3. The Labute approximate surface area is 243 Å². The van der Waals surface area contributed by atoms with Crippen LogP contribution in [0.25, 0.3) is 27.0 Å². The molecule has 0 saturated heterocycles. The molecule has 2 heterocycles. The van der Waals surface area contributed by atoms with Crippen LogP contribution < -0.4 is 20.7 Å². The Hall–Kier alpha value is -4.85. The smallest absolute Gasteiger partial charge is 0.431 e. The Kier molecular flexibility index (Phi) is 7.88. The average molecular weight is 618 g/mol. The second-order valence-electron chi connectivity index (χ2n) is 9.35. The van der Waals surface area contributed by atoms with E-state index in [1.54, 1.807) is 31.2 Å². The average Bonchev–Trinajstić information content (AvgIpc) is 3.37. The fourth-order valence-electron chi connectivity index (χ4n) is 4.42. The number of alkyl halides is 5. The first-order valence-corrected chi connectivity index (χ1v) is 13.2. The Bertz CT molecular complexity index is 1960. The zero-order chi connectivity index (χ0) is 31.1. The summed E-state index contributed by atoms with van der Waals surface area (Å²) in [5.74, 6) is -0.0426. The van der Waals surface area contributed by atoms with Gasteiger partial charge in [-0.25, -0.2) is 9.36 Å². The van der Waals surface area contributed by atoms with Crippen molar-refractivity contribution >= 4 is 27.4 Å². The zero-order valence-electron chi connectivity index (χ0n) is 22.3. The van der Waals surface area contributed by atoms with Gasteiger partial charge in [-0.05, 0) is 84.7 Å². The lowest BCUT2D eigenvalue weighted by Crippen LogP contribution is -2.40. The van der Waals surface area contributed by atoms with Gasteiger partial charge in [0.05, 0.1) is 16.1 Å². The summed E-state index contributed by atoms with van der Waals surface area (Å²) in [5, 5.41) is 0.568. The third-order valence-electron chi connectivity index (χ3n) is 6.53. The van der Waals surface area contributed by atoms with E-state index < -0.39 is 29.7 Å². The van der Waals surface area contributed by atoms with Gasteiger partial charge in [0, 0.05) is 29.6 Å². The van der Waals surface area contributed by atoms with E-state index in [0.717, 1.165) is 18.6 Å². The zero-order valence-corrected chi connectivity index (χ0v) is 23.1. The molecule has 14 heteroatoms. The van der Waals surface area contributed by atoms with E-state index in [1.165, 1.54) is 36.4 Å². The lowest BCUT2D eigenvalue weighted by atomic mass is 10.0. The van der Waals surface area contributed by atoms with Crippen LogP contribution in [0.4, 0.5) is 22.0 Å². The van der Waals surface area contributed by atoms with Crippen LogP contribution in [-0.4, -0.2) is 32.5 Å². The highest BCUT2D eigenvalue weighted by atomic mass is 32.1. The fourth-order valence-corrected chi connectivity index (χ4v) is 5.19.